The number of nitrogens with zero attached hydrogens (tertiary/aromatic N) is 2. The van der Waals surface area contributed by atoms with Gasteiger partial charge in [0.05, 0.1) is 0 Å². The van der Waals surface area contributed by atoms with Crippen LogP contribution in [0.15, 0.2) is 157 Å². The second-order valence-electron chi connectivity index (χ2n) is 14.6. The second-order valence-corrected chi connectivity index (χ2v) is 14.6. The molecule has 2 heteroatoms. The third kappa shape index (κ3) is 3.66. The van der Waals surface area contributed by atoms with Gasteiger partial charge in [0.15, 0.2) is 0 Å². The molecule has 1 aromatic heterocycles. The van der Waals surface area contributed by atoms with Crippen molar-refractivity contribution in [1.82, 2.24) is 4.57 Å². The van der Waals surface area contributed by atoms with Crippen LogP contribution in [-0.4, -0.2) is 4.57 Å². The molecule has 0 radical (unpaired) electrons. The minimum Gasteiger partial charge on any atom is -0.305 e. The van der Waals surface area contributed by atoms with E-state index in [0.29, 0.717) is 16.7 Å². The second kappa shape index (κ2) is 10.1. The lowest BCUT2D eigenvalue weighted by Gasteiger charge is -2.41. The highest BCUT2D eigenvalue weighted by molar-refractivity contribution is 5.97. The van der Waals surface area contributed by atoms with E-state index in [4.69, 9.17) is 4.99 Å². The van der Waals surface area contributed by atoms with E-state index in [-0.39, 0.29) is 5.41 Å². The fourth-order valence-corrected chi connectivity index (χ4v) is 10.2. The van der Waals surface area contributed by atoms with E-state index in [0.717, 1.165) is 10.9 Å². The number of rotatable bonds is 6. The summed E-state index contributed by atoms with van der Waals surface area (Å²) in [4.78, 5) is 4.95. The number of benzene rings is 5. The summed E-state index contributed by atoms with van der Waals surface area (Å²) in [7, 11) is 0. The van der Waals surface area contributed by atoms with Crippen molar-refractivity contribution in [2.75, 3.05) is 0 Å². The zero-order chi connectivity index (χ0) is 32.8. The molecule has 5 aromatic carbocycles. The molecule has 9 rings (SSSR count). The Hall–Kier alpha value is -5.21. The lowest BCUT2D eigenvalue weighted by molar-refractivity contribution is 0.135. The van der Waals surface area contributed by atoms with Gasteiger partial charge in [0, 0.05) is 28.9 Å². The van der Waals surface area contributed by atoms with Gasteiger partial charge in [-0.25, -0.2) is 4.99 Å². The Morgan fingerprint density at radius 1 is 0.646 bits per heavy atom. The third-order valence-corrected chi connectivity index (χ3v) is 13.0. The van der Waals surface area contributed by atoms with Crippen molar-refractivity contribution in [3.05, 3.63) is 157 Å². The standard InChI is InChI=1S/C46H40N2/c1-6-47-43-40-22-14-21-38(39(40)23-24-48(43)42-30(2)41-29-44(3)45(41,4)46(42,44)5)34-20-13-19-33(25-34)37-27-35(31-15-9-7-10-16-31)26-36(28-37)32-17-11-8-12-18-32/h6-28,41H,1,29H2,2-5H3. The van der Waals surface area contributed by atoms with E-state index in [1.807, 2.05) is 0 Å². The van der Waals surface area contributed by atoms with Gasteiger partial charge in [-0.05, 0) is 116 Å². The summed E-state index contributed by atoms with van der Waals surface area (Å²) in [5.74, 6) is 0.666. The van der Waals surface area contributed by atoms with Crippen molar-refractivity contribution in [1.29, 1.82) is 0 Å². The molecular weight excluding hydrogens is 581 g/mol. The minimum atomic E-state index is 0.164. The van der Waals surface area contributed by atoms with Crippen molar-refractivity contribution in [3.63, 3.8) is 0 Å². The molecule has 0 spiro atoms. The summed E-state index contributed by atoms with van der Waals surface area (Å²) in [6.07, 6.45) is 5.27. The van der Waals surface area contributed by atoms with Crippen molar-refractivity contribution in [2.45, 2.75) is 34.1 Å². The van der Waals surface area contributed by atoms with Gasteiger partial charge in [0.1, 0.15) is 5.49 Å². The third-order valence-electron chi connectivity index (χ3n) is 13.0. The molecule has 4 unspecified atom stereocenters. The normalized spacial score (nSPS) is 25.6. The molecule has 0 amide bonds. The SMILES string of the molecule is C=CN=c1c2cccc(-c3cccc(-c4cc(-c5ccccc5)cc(-c5ccccc5)c4)c3)c2ccn1C1=C(C)C2CC3(C)C1(C)C23C. The Bertz CT molecular complexity index is 2340. The number of pyridine rings is 1. The molecule has 0 saturated heterocycles. The fraction of sp³-hybridized carbons (Fsp3) is 0.196. The van der Waals surface area contributed by atoms with Crippen molar-refractivity contribution in [3.8, 4) is 44.5 Å². The molecule has 2 nitrogen and oxygen atoms in total. The maximum absolute atomic E-state index is 4.95. The highest BCUT2D eigenvalue weighted by atomic mass is 15.1. The smallest absolute Gasteiger partial charge is 0.144 e. The van der Waals surface area contributed by atoms with Gasteiger partial charge in [-0.3, -0.25) is 0 Å². The van der Waals surface area contributed by atoms with Gasteiger partial charge in [-0.1, -0.05) is 124 Å². The molecule has 2 saturated carbocycles. The summed E-state index contributed by atoms with van der Waals surface area (Å²) in [6.45, 7) is 13.9. The molecule has 0 bridgehead atoms. The molecule has 6 aromatic rings. The maximum Gasteiger partial charge on any atom is 0.144 e. The Morgan fingerprint density at radius 3 is 1.83 bits per heavy atom. The largest absolute Gasteiger partial charge is 0.305 e. The van der Waals surface area contributed by atoms with Crippen LogP contribution in [0.4, 0.5) is 0 Å². The zero-order valence-electron chi connectivity index (χ0n) is 28.2. The van der Waals surface area contributed by atoms with E-state index >= 15 is 0 Å². The summed E-state index contributed by atoms with van der Waals surface area (Å²) >= 11 is 0. The number of allylic oxidation sites excluding steroid dienone is 2. The number of fused-ring (bicyclic) bond motifs is 2. The summed E-state index contributed by atoms with van der Waals surface area (Å²) in [6, 6.07) is 46.2. The minimum absolute atomic E-state index is 0.164. The Kier molecular flexibility index (Phi) is 6.12. The maximum atomic E-state index is 4.95. The quantitative estimate of drug-likeness (QED) is 0.176. The monoisotopic (exact) mass is 620 g/mol. The molecule has 0 N–H and O–H groups in total. The molecule has 3 aliphatic carbocycles. The first-order valence-electron chi connectivity index (χ1n) is 17.2. The first-order valence-corrected chi connectivity index (χ1v) is 17.2. The average molecular weight is 621 g/mol. The zero-order valence-corrected chi connectivity index (χ0v) is 28.2. The summed E-state index contributed by atoms with van der Waals surface area (Å²) in [5, 5.41) is 2.35. The molecule has 0 aliphatic heterocycles. The molecule has 234 valence electrons. The van der Waals surface area contributed by atoms with Crippen LogP contribution in [0.5, 0.6) is 0 Å². The van der Waals surface area contributed by atoms with Crippen LogP contribution in [0.2, 0.25) is 0 Å². The van der Waals surface area contributed by atoms with Gasteiger partial charge < -0.3 is 4.57 Å². The highest BCUT2D eigenvalue weighted by Gasteiger charge is 2.92. The van der Waals surface area contributed by atoms with Gasteiger partial charge >= 0.3 is 0 Å². The van der Waals surface area contributed by atoms with E-state index in [1.165, 1.54) is 67.6 Å². The number of hydrogen-bond donors (Lipinski definition) is 0. The molecule has 4 atom stereocenters. The molecule has 48 heavy (non-hydrogen) atoms. The molecule has 3 aliphatic rings. The number of hydrogen-bond acceptors (Lipinski definition) is 1. The van der Waals surface area contributed by atoms with Crippen LogP contribution >= 0.6 is 0 Å². The Morgan fingerprint density at radius 2 is 1.21 bits per heavy atom. The van der Waals surface area contributed by atoms with E-state index < -0.39 is 0 Å². The van der Waals surface area contributed by atoms with Crippen LogP contribution in [-0.2, 0) is 0 Å². The van der Waals surface area contributed by atoms with Crippen LogP contribution in [0, 0.1) is 22.2 Å². The Balaban J connectivity index is 1.19. The molecule has 2 fully saturated rings. The van der Waals surface area contributed by atoms with E-state index in [2.05, 4.69) is 172 Å². The number of aromatic nitrogens is 1. The fourth-order valence-electron chi connectivity index (χ4n) is 10.2. The van der Waals surface area contributed by atoms with Gasteiger partial charge in [0.2, 0.25) is 0 Å². The molecular formula is C46H40N2. The Labute approximate surface area is 283 Å². The van der Waals surface area contributed by atoms with E-state index in [9.17, 15) is 0 Å². The predicted molar refractivity (Wildman–Crippen MR) is 201 cm³/mol. The predicted octanol–water partition coefficient (Wildman–Crippen LogP) is 11.7. The average Bonchev–Trinajstić information content (AvgIpc) is 3.33. The van der Waals surface area contributed by atoms with Crippen LogP contribution in [0.3, 0.4) is 0 Å². The van der Waals surface area contributed by atoms with E-state index in [1.54, 1.807) is 6.20 Å². The van der Waals surface area contributed by atoms with Crippen LogP contribution < -0.4 is 5.49 Å². The van der Waals surface area contributed by atoms with Gasteiger partial charge in [-0.2, -0.15) is 0 Å². The summed E-state index contributed by atoms with van der Waals surface area (Å²) in [5.41, 5.74) is 14.5. The summed E-state index contributed by atoms with van der Waals surface area (Å²) < 4.78 is 2.39. The van der Waals surface area contributed by atoms with Crippen LogP contribution in [0.25, 0.3) is 61.0 Å². The first-order chi connectivity index (χ1) is 23.3. The van der Waals surface area contributed by atoms with Gasteiger partial charge in [0.25, 0.3) is 0 Å². The van der Waals surface area contributed by atoms with Gasteiger partial charge in [-0.15, -0.1) is 0 Å². The van der Waals surface area contributed by atoms with Crippen LogP contribution in [0.1, 0.15) is 34.1 Å². The highest BCUT2D eigenvalue weighted by Crippen LogP contribution is 2.98. The molecule has 1 heterocycles. The van der Waals surface area contributed by atoms with Crippen molar-refractivity contribution >= 4 is 16.5 Å². The topological polar surface area (TPSA) is 17.3 Å². The lowest BCUT2D eigenvalue weighted by Crippen LogP contribution is -2.35. The van der Waals surface area contributed by atoms with Crippen molar-refractivity contribution in [2.24, 2.45) is 27.2 Å². The van der Waals surface area contributed by atoms with Crippen molar-refractivity contribution < 1.29 is 0 Å². The lowest BCUT2D eigenvalue weighted by atomic mass is 9.63. The first kappa shape index (κ1) is 29.0.